The first-order valence-electron chi connectivity index (χ1n) is 11.1. The number of hydrogen-bond acceptors (Lipinski definition) is 6. The molecule has 4 heterocycles. The van der Waals surface area contributed by atoms with E-state index in [1.165, 1.54) is 24.3 Å². The van der Waals surface area contributed by atoms with Crippen LogP contribution in [0.5, 0.6) is 5.75 Å². The number of amides is 4. The smallest absolute Gasteiger partial charge is 0.322 e. The summed E-state index contributed by atoms with van der Waals surface area (Å²) in [5.41, 5.74) is 0.606. The summed E-state index contributed by atoms with van der Waals surface area (Å²) < 4.78 is 25.6. The molecule has 2 aliphatic rings. The SMILES string of the molecule is COc1ccc2c(c1)C(=O)N(C[C@@]1(c3cc4cnc(-c5ccccc5F)cc4o3)NC(=O)NC1=O)C2. The molecule has 4 amide bonds. The van der Waals surface area contributed by atoms with Crippen molar-refractivity contribution in [3.63, 3.8) is 0 Å². The van der Waals surface area contributed by atoms with Gasteiger partial charge in [0.25, 0.3) is 11.8 Å². The third kappa shape index (κ3) is 3.29. The third-order valence-electron chi connectivity index (χ3n) is 6.54. The maximum Gasteiger partial charge on any atom is 0.322 e. The number of rotatable bonds is 5. The highest BCUT2D eigenvalue weighted by Gasteiger charge is 2.53. The van der Waals surface area contributed by atoms with Crippen LogP contribution in [0.4, 0.5) is 9.18 Å². The van der Waals surface area contributed by atoms with Crippen LogP contribution in [-0.2, 0) is 16.9 Å². The molecule has 1 saturated heterocycles. The highest BCUT2D eigenvalue weighted by atomic mass is 19.1. The van der Waals surface area contributed by atoms with Gasteiger partial charge in [0.05, 0.1) is 19.3 Å². The summed E-state index contributed by atoms with van der Waals surface area (Å²) in [6.45, 7) is 0.0934. The number of methoxy groups -OCH3 is 1. The first-order valence-corrected chi connectivity index (χ1v) is 11.1. The monoisotopic (exact) mass is 486 g/mol. The van der Waals surface area contributed by atoms with Gasteiger partial charge in [0.15, 0.2) is 5.54 Å². The first-order chi connectivity index (χ1) is 17.4. The summed E-state index contributed by atoms with van der Waals surface area (Å²) in [6, 6.07) is 13.9. The molecule has 36 heavy (non-hydrogen) atoms. The Kier molecular flexibility index (Phi) is 4.78. The number of benzene rings is 2. The van der Waals surface area contributed by atoms with Crippen LogP contribution in [0.3, 0.4) is 0 Å². The number of ether oxygens (including phenoxy) is 1. The van der Waals surface area contributed by atoms with Gasteiger partial charge in [-0.25, -0.2) is 9.18 Å². The summed E-state index contributed by atoms with van der Waals surface area (Å²) in [6.07, 6.45) is 1.51. The van der Waals surface area contributed by atoms with Gasteiger partial charge in [0.1, 0.15) is 22.9 Å². The van der Waals surface area contributed by atoms with Gasteiger partial charge in [-0.2, -0.15) is 0 Å². The van der Waals surface area contributed by atoms with Crippen molar-refractivity contribution in [3.8, 4) is 17.0 Å². The number of nitrogens with zero attached hydrogens (tertiary/aromatic N) is 2. The molecule has 1 fully saturated rings. The van der Waals surface area contributed by atoms with Crippen molar-refractivity contribution in [1.82, 2.24) is 20.5 Å². The van der Waals surface area contributed by atoms with E-state index in [1.807, 2.05) is 0 Å². The Hall–Kier alpha value is -4.73. The number of carbonyl (C=O) groups is 3. The van der Waals surface area contributed by atoms with E-state index < -0.39 is 23.3 Å². The lowest BCUT2D eigenvalue weighted by Crippen LogP contribution is -2.52. The van der Waals surface area contributed by atoms with Crippen LogP contribution in [0.2, 0.25) is 0 Å². The molecule has 180 valence electrons. The van der Waals surface area contributed by atoms with Crippen molar-refractivity contribution in [2.75, 3.05) is 13.7 Å². The molecule has 9 nitrogen and oxygen atoms in total. The molecule has 1 atom stereocenters. The highest BCUT2D eigenvalue weighted by molar-refractivity contribution is 6.08. The average Bonchev–Trinajstić information content (AvgIpc) is 3.52. The van der Waals surface area contributed by atoms with Gasteiger partial charge in [0, 0.05) is 35.3 Å². The Morgan fingerprint density at radius 3 is 2.69 bits per heavy atom. The molecule has 0 spiro atoms. The zero-order valence-corrected chi connectivity index (χ0v) is 19.0. The molecular formula is C26H19FN4O5. The summed E-state index contributed by atoms with van der Waals surface area (Å²) >= 11 is 0. The highest BCUT2D eigenvalue weighted by Crippen LogP contribution is 2.35. The first kappa shape index (κ1) is 21.8. The molecule has 2 aromatic carbocycles. The third-order valence-corrected chi connectivity index (χ3v) is 6.54. The van der Waals surface area contributed by atoms with Crippen molar-refractivity contribution in [2.45, 2.75) is 12.1 Å². The minimum Gasteiger partial charge on any atom is -0.497 e. The van der Waals surface area contributed by atoms with Gasteiger partial charge in [-0.05, 0) is 35.9 Å². The van der Waals surface area contributed by atoms with Gasteiger partial charge in [-0.15, -0.1) is 0 Å². The molecule has 10 heteroatoms. The van der Waals surface area contributed by atoms with Crippen molar-refractivity contribution >= 4 is 28.8 Å². The predicted octanol–water partition coefficient (Wildman–Crippen LogP) is 3.33. The lowest BCUT2D eigenvalue weighted by atomic mass is 9.95. The Morgan fingerprint density at radius 1 is 1.11 bits per heavy atom. The fourth-order valence-electron chi connectivity index (χ4n) is 4.70. The lowest BCUT2D eigenvalue weighted by Gasteiger charge is -2.29. The number of urea groups is 1. The predicted molar refractivity (Wildman–Crippen MR) is 125 cm³/mol. The topological polar surface area (TPSA) is 114 Å². The minimum absolute atomic E-state index is 0.134. The van der Waals surface area contributed by atoms with Gasteiger partial charge < -0.3 is 19.4 Å². The maximum absolute atomic E-state index is 14.3. The quantitative estimate of drug-likeness (QED) is 0.419. The van der Waals surface area contributed by atoms with Crippen LogP contribution < -0.4 is 15.4 Å². The number of furan rings is 1. The molecule has 0 saturated carbocycles. The average molecular weight is 486 g/mol. The van der Waals surface area contributed by atoms with Crippen LogP contribution in [0, 0.1) is 5.82 Å². The number of aromatic nitrogens is 1. The fourth-order valence-corrected chi connectivity index (χ4v) is 4.70. The maximum atomic E-state index is 14.3. The normalized spacial score (nSPS) is 18.9. The van der Waals surface area contributed by atoms with Crippen LogP contribution in [0.1, 0.15) is 21.7 Å². The van der Waals surface area contributed by atoms with Gasteiger partial charge in [0.2, 0.25) is 0 Å². The largest absolute Gasteiger partial charge is 0.497 e. The molecule has 6 rings (SSSR count). The molecule has 2 aromatic heterocycles. The van der Waals surface area contributed by atoms with Crippen molar-refractivity contribution < 1.29 is 27.9 Å². The fraction of sp³-hybridized carbons (Fsp3) is 0.154. The van der Waals surface area contributed by atoms with E-state index in [9.17, 15) is 18.8 Å². The summed E-state index contributed by atoms with van der Waals surface area (Å²) in [4.78, 5) is 44.3. The molecule has 0 bridgehead atoms. The molecule has 0 aliphatic carbocycles. The molecule has 2 aliphatic heterocycles. The Labute approximate surface area is 203 Å². The van der Waals surface area contributed by atoms with E-state index in [2.05, 4.69) is 15.6 Å². The van der Waals surface area contributed by atoms with Crippen LogP contribution in [0.15, 0.2) is 65.2 Å². The van der Waals surface area contributed by atoms with Crippen LogP contribution >= 0.6 is 0 Å². The van der Waals surface area contributed by atoms with Crippen LogP contribution in [-0.4, -0.2) is 41.4 Å². The summed E-state index contributed by atoms with van der Waals surface area (Å²) in [7, 11) is 1.51. The second-order valence-electron chi connectivity index (χ2n) is 8.70. The number of fused-ring (bicyclic) bond motifs is 2. The number of carbonyl (C=O) groups excluding carboxylic acids is 3. The number of halogens is 1. The zero-order chi connectivity index (χ0) is 25.0. The number of pyridine rings is 1. The van der Waals surface area contributed by atoms with Gasteiger partial charge in [-0.1, -0.05) is 18.2 Å². The standard InChI is InChI=1S/C26H19FN4O5/c1-35-16-7-6-14-12-31(23(32)18(14)9-16)13-26(24(33)29-25(34)30-26)22-8-15-11-28-20(10-21(15)36-22)17-4-2-3-5-19(17)27/h2-11H,12-13H2,1H3,(H2,29,30,33,34)/t26-/m0/s1. The Balaban J connectivity index is 1.39. The molecule has 0 radical (unpaired) electrons. The number of imide groups is 1. The van der Waals surface area contributed by atoms with Crippen molar-refractivity contribution in [3.05, 3.63) is 83.5 Å². The van der Waals surface area contributed by atoms with E-state index in [0.29, 0.717) is 33.5 Å². The molecule has 0 unspecified atom stereocenters. The van der Waals surface area contributed by atoms with Gasteiger partial charge in [-0.3, -0.25) is 19.9 Å². The molecular weight excluding hydrogens is 467 g/mol. The molecule has 2 N–H and O–H groups in total. The van der Waals surface area contributed by atoms with E-state index >= 15 is 0 Å². The van der Waals surface area contributed by atoms with Crippen LogP contribution in [0.25, 0.3) is 22.2 Å². The van der Waals surface area contributed by atoms with E-state index in [0.717, 1.165) is 5.56 Å². The van der Waals surface area contributed by atoms with Crippen molar-refractivity contribution in [1.29, 1.82) is 0 Å². The number of nitrogens with one attached hydrogen (secondary N) is 2. The zero-order valence-electron chi connectivity index (χ0n) is 19.0. The minimum atomic E-state index is -1.66. The van der Waals surface area contributed by atoms with E-state index in [-0.39, 0.29) is 24.8 Å². The Bertz CT molecular complexity index is 1580. The van der Waals surface area contributed by atoms with Gasteiger partial charge >= 0.3 is 6.03 Å². The summed E-state index contributed by atoms with van der Waals surface area (Å²) in [5.74, 6) is -0.693. The lowest BCUT2D eigenvalue weighted by molar-refractivity contribution is -0.125. The van der Waals surface area contributed by atoms with E-state index in [1.54, 1.807) is 48.5 Å². The second-order valence-corrected chi connectivity index (χ2v) is 8.70. The molecule has 4 aromatic rings. The Morgan fingerprint density at radius 2 is 1.94 bits per heavy atom. The second kappa shape index (κ2) is 7.91. The number of hydrogen-bond donors (Lipinski definition) is 2. The summed E-state index contributed by atoms with van der Waals surface area (Å²) in [5, 5.41) is 5.46. The van der Waals surface area contributed by atoms with E-state index in [4.69, 9.17) is 9.15 Å². The van der Waals surface area contributed by atoms with Crippen molar-refractivity contribution in [2.24, 2.45) is 0 Å².